The fourth-order valence-electron chi connectivity index (χ4n) is 4.63. The molecule has 2 heterocycles. The van der Waals surface area contributed by atoms with Crippen molar-refractivity contribution in [1.82, 2.24) is 14.8 Å². The number of benzene rings is 3. The Bertz CT molecular complexity index is 2060. The molecule has 0 saturated carbocycles. The van der Waals surface area contributed by atoms with Crippen molar-refractivity contribution in [2.24, 2.45) is 0 Å². The van der Waals surface area contributed by atoms with E-state index in [1.54, 1.807) is 0 Å². The van der Waals surface area contributed by atoms with Crippen LogP contribution in [0.4, 0.5) is 30.7 Å². The van der Waals surface area contributed by atoms with Crippen molar-refractivity contribution in [2.45, 2.75) is 31.0 Å². The number of oxazole rings is 1. The van der Waals surface area contributed by atoms with Gasteiger partial charge in [0.05, 0.1) is 17.2 Å². The molecule has 1 N–H and O–H groups in total. The van der Waals surface area contributed by atoms with Crippen LogP contribution in [0.5, 0.6) is 5.75 Å². The van der Waals surface area contributed by atoms with Crippen LogP contribution in [0.2, 0.25) is 5.15 Å². The van der Waals surface area contributed by atoms with E-state index < -0.39 is 61.9 Å². The SMILES string of the molecule is Cc1nc(-c2cc(-c3cc(F)c(CO)c(S(C)(=O)=O)c3)ccc2-n2nc(C(F)(F)F)cc2Cl)c(-c2ccc(OC(F)(F)F)cc2)o1. The van der Waals surface area contributed by atoms with Gasteiger partial charge >= 0.3 is 12.5 Å². The highest BCUT2D eigenvalue weighted by Gasteiger charge is 2.36. The van der Waals surface area contributed by atoms with E-state index in [0.29, 0.717) is 6.07 Å². The van der Waals surface area contributed by atoms with Crippen molar-refractivity contribution in [3.05, 3.63) is 88.8 Å². The molecule has 0 aliphatic carbocycles. The summed E-state index contributed by atoms with van der Waals surface area (Å²) in [5, 5.41) is 12.7. The van der Waals surface area contributed by atoms with Crippen LogP contribution in [0.3, 0.4) is 0 Å². The third-order valence-electron chi connectivity index (χ3n) is 6.57. The molecule has 0 aliphatic heterocycles. The van der Waals surface area contributed by atoms with E-state index in [2.05, 4.69) is 14.8 Å². The predicted octanol–water partition coefficient (Wildman–Crippen LogP) is 7.78. The third kappa shape index (κ3) is 6.73. The maximum atomic E-state index is 15.0. The summed E-state index contributed by atoms with van der Waals surface area (Å²) in [5.74, 6) is -1.53. The zero-order valence-electron chi connectivity index (χ0n) is 23.3. The number of nitrogens with zero attached hydrogens (tertiary/aromatic N) is 3. The second kappa shape index (κ2) is 11.7. The predicted molar refractivity (Wildman–Crippen MR) is 150 cm³/mol. The fraction of sp³-hybridized carbons (Fsp3) is 0.172. The van der Waals surface area contributed by atoms with E-state index in [1.807, 2.05) is 0 Å². The average molecular weight is 690 g/mol. The molecule has 5 aromatic rings. The molecule has 0 radical (unpaired) electrons. The lowest BCUT2D eigenvalue weighted by atomic mass is 9.97. The Morgan fingerprint density at radius 3 is 2.17 bits per heavy atom. The van der Waals surface area contributed by atoms with Crippen molar-refractivity contribution in [3.8, 4) is 45.1 Å². The van der Waals surface area contributed by atoms with E-state index in [9.17, 15) is 39.9 Å². The molecule has 46 heavy (non-hydrogen) atoms. The van der Waals surface area contributed by atoms with Crippen LogP contribution < -0.4 is 4.74 Å². The lowest BCUT2D eigenvalue weighted by Crippen LogP contribution is -2.16. The van der Waals surface area contributed by atoms with Gasteiger partial charge in [-0.3, -0.25) is 0 Å². The molecule has 0 saturated heterocycles. The van der Waals surface area contributed by atoms with Gasteiger partial charge in [0.15, 0.2) is 27.2 Å². The van der Waals surface area contributed by atoms with E-state index in [0.717, 1.165) is 35.2 Å². The zero-order valence-corrected chi connectivity index (χ0v) is 24.9. The van der Waals surface area contributed by atoms with E-state index in [-0.39, 0.29) is 45.3 Å². The number of ether oxygens (including phenoxy) is 1. The monoisotopic (exact) mass is 689 g/mol. The number of rotatable bonds is 7. The summed E-state index contributed by atoms with van der Waals surface area (Å²) < 4.78 is 129. The Hall–Kier alpha value is -4.41. The molecular weight excluding hydrogens is 671 g/mol. The molecular formula is C29H19ClF7N3O5S. The summed E-state index contributed by atoms with van der Waals surface area (Å²) in [6.07, 6.45) is -8.99. The maximum Gasteiger partial charge on any atom is 0.573 e. The number of aryl methyl sites for hydroxylation is 1. The van der Waals surface area contributed by atoms with Gasteiger partial charge in [-0.25, -0.2) is 22.5 Å². The van der Waals surface area contributed by atoms with E-state index in [1.165, 1.54) is 37.3 Å². The van der Waals surface area contributed by atoms with Crippen molar-refractivity contribution in [1.29, 1.82) is 0 Å². The Balaban J connectivity index is 1.76. The van der Waals surface area contributed by atoms with Crippen molar-refractivity contribution in [2.75, 3.05) is 6.26 Å². The van der Waals surface area contributed by atoms with Crippen LogP contribution in [0, 0.1) is 12.7 Å². The summed E-state index contributed by atoms with van der Waals surface area (Å²) in [6, 6.07) is 11.2. The highest BCUT2D eigenvalue weighted by Crippen LogP contribution is 2.41. The van der Waals surface area contributed by atoms with E-state index in [4.69, 9.17) is 16.0 Å². The van der Waals surface area contributed by atoms with Crippen LogP contribution in [-0.4, -0.2) is 40.9 Å². The van der Waals surface area contributed by atoms with E-state index >= 15 is 4.39 Å². The Morgan fingerprint density at radius 1 is 0.957 bits per heavy atom. The number of halogens is 8. The summed E-state index contributed by atoms with van der Waals surface area (Å²) in [6.45, 7) is 0.536. The summed E-state index contributed by atoms with van der Waals surface area (Å²) in [5.41, 5.74) is -1.47. The van der Waals surface area contributed by atoms with Gasteiger partial charge in [-0.2, -0.15) is 18.3 Å². The topological polar surface area (TPSA) is 107 Å². The standard InChI is InChI=1S/C29H19ClF7N3O5S/c1-14-38-26(27(44-14)15-3-6-18(7-4-15)45-29(35,36)37)19-9-16(17-10-21(31)20(13-41)23(11-17)46(2,42)43)5-8-22(19)40-25(30)12-24(39-40)28(32,33)34/h3-12,41H,13H2,1-2H3. The molecule has 8 nitrogen and oxygen atoms in total. The second-order valence-corrected chi connectivity index (χ2v) is 12.2. The maximum absolute atomic E-state index is 15.0. The van der Waals surface area contributed by atoms with Gasteiger partial charge in [-0.05, 0) is 59.7 Å². The molecule has 0 fully saturated rings. The number of aliphatic hydroxyl groups excluding tert-OH is 1. The Morgan fingerprint density at radius 2 is 1.61 bits per heavy atom. The first-order chi connectivity index (χ1) is 21.4. The summed E-state index contributed by atoms with van der Waals surface area (Å²) >= 11 is 6.17. The first kappa shape index (κ1) is 33.0. The van der Waals surface area contributed by atoms with Gasteiger partial charge in [-0.1, -0.05) is 17.7 Å². The molecule has 0 spiro atoms. The number of hydrogen-bond acceptors (Lipinski definition) is 7. The van der Waals surface area contributed by atoms with Crippen LogP contribution in [0.15, 0.2) is 70.0 Å². The molecule has 3 aromatic carbocycles. The Kier molecular flexibility index (Phi) is 8.42. The quantitative estimate of drug-likeness (QED) is 0.174. The average Bonchev–Trinajstić information content (AvgIpc) is 3.54. The minimum Gasteiger partial charge on any atom is -0.440 e. The molecule has 0 unspecified atom stereocenters. The molecule has 0 atom stereocenters. The first-order valence-electron chi connectivity index (χ1n) is 12.8. The highest BCUT2D eigenvalue weighted by molar-refractivity contribution is 7.90. The fourth-order valence-corrected chi connectivity index (χ4v) is 5.81. The largest absolute Gasteiger partial charge is 0.573 e. The number of aromatic nitrogens is 3. The van der Waals surface area contributed by atoms with Crippen LogP contribution in [-0.2, 0) is 22.6 Å². The highest BCUT2D eigenvalue weighted by atomic mass is 35.5. The molecule has 2 aromatic heterocycles. The minimum atomic E-state index is -4.95. The van der Waals surface area contributed by atoms with Crippen LogP contribution in [0.25, 0.3) is 39.4 Å². The van der Waals surface area contributed by atoms with Gasteiger partial charge in [0.2, 0.25) is 0 Å². The summed E-state index contributed by atoms with van der Waals surface area (Å²) in [4.78, 5) is 3.87. The number of aliphatic hydroxyl groups is 1. The normalized spacial score (nSPS) is 12.5. The zero-order chi connectivity index (χ0) is 33.8. The van der Waals surface area contributed by atoms with Crippen LogP contribution >= 0.6 is 11.6 Å². The van der Waals surface area contributed by atoms with Crippen molar-refractivity contribution < 1.29 is 53.4 Å². The molecule has 0 aliphatic rings. The number of alkyl halides is 6. The van der Waals surface area contributed by atoms with Gasteiger partial charge in [0, 0.05) is 35.9 Å². The number of hydrogen-bond donors (Lipinski definition) is 1. The van der Waals surface area contributed by atoms with Gasteiger partial charge < -0.3 is 14.3 Å². The molecule has 0 amide bonds. The van der Waals surface area contributed by atoms with Crippen LogP contribution in [0.1, 0.15) is 17.1 Å². The second-order valence-electron chi connectivity index (χ2n) is 9.84. The third-order valence-corrected chi connectivity index (χ3v) is 8.00. The molecule has 242 valence electrons. The van der Waals surface area contributed by atoms with Gasteiger partial charge in [-0.15, -0.1) is 13.2 Å². The lowest BCUT2D eigenvalue weighted by molar-refractivity contribution is -0.274. The van der Waals surface area contributed by atoms with Crippen molar-refractivity contribution >= 4 is 21.4 Å². The summed E-state index contributed by atoms with van der Waals surface area (Å²) in [7, 11) is -4.03. The van der Waals surface area contributed by atoms with Crippen molar-refractivity contribution in [3.63, 3.8) is 0 Å². The minimum absolute atomic E-state index is 0.0147. The molecule has 0 bridgehead atoms. The molecule has 17 heteroatoms. The number of sulfone groups is 1. The smallest absolute Gasteiger partial charge is 0.440 e. The first-order valence-corrected chi connectivity index (χ1v) is 15.1. The molecule has 5 rings (SSSR count). The Labute approximate surface area is 260 Å². The van der Waals surface area contributed by atoms with Gasteiger partial charge in [0.25, 0.3) is 0 Å². The van der Waals surface area contributed by atoms with Gasteiger partial charge in [0.1, 0.15) is 22.4 Å². The lowest BCUT2D eigenvalue weighted by Gasteiger charge is -2.15.